The molecule has 1 aromatic carbocycles. The number of guanidine groups is 1. The summed E-state index contributed by atoms with van der Waals surface area (Å²) < 4.78 is 5.42. The van der Waals surface area contributed by atoms with Gasteiger partial charge in [0.05, 0.1) is 19.8 Å². The van der Waals surface area contributed by atoms with Gasteiger partial charge < -0.3 is 15.4 Å². The fourth-order valence-corrected chi connectivity index (χ4v) is 2.79. The quantitative estimate of drug-likeness (QED) is 0.442. The van der Waals surface area contributed by atoms with Crippen LogP contribution in [0.5, 0.6) is 0 Å². The van der Waals surface area contributed by atoms with Crippen molar-refractivity contribution in [1.29, 1.82) is 0 Å². The number of hydrogen-bond acceptors (Lipinski definition) is 3. The smallest absolute Gasteiger partial charge is 0.191 e. The van der Waals surface area contributed by atoms with Gasteiger partial charge in [0.1, 0.15) is 0 Å². The van der Waals surface area contributed by atoms with Crippen LogP contribution < -0.4 is 5.73 Å². The standard InChI is InChI=1S/C17H26N4O.HI/c1-20(16-6-7-16)17(18)19-12-14-4-2-3-5-15(14)13-21-8-10-22-11-9-21;/h2-5,16H,6-13H2,1H3,(H2,18,19);1H. The maximum atomic E-state index is 6.09. The van der Waals surface area contributed by atoms with Gasteiger partial charge in [-0.3, -0.25) is 4.90 Å². The molecule has 1 aromatic rings. The molecule has 2 N–H and O–H groups in total. The summed E-state index contributed by atoms with van der Waals surface area (Å²) in [5.74, 6) is 0.656. The summed E-state index contributed by atoms with van der Waals surface area (Å²) in [6.45, 7) is 5.30. The average Bonchev–Trinajstić information content (AvgIpc) is 3.39. The SMILES string of the molecule is CN(C(N)=NCc1ccccc1CN1CCOCC1)C1CC1.I. The van der Waals surface area contributed by atoms with Crippen LogP contribution in [0, 0.1) is 0 Å². The van der Waals surface area contributed by atoms with E-state index in [4.69, 9.17) is 10.5 Å². The number of nitrogens with two attached hydrogens (primary N) is 1. The van der Waals surface area contributed by atoms with Crippen molar-refractivity contribution in [3.05, 3.63) is 35.4 Å². The van der Waals surface area contributed by atoms with Crippen molar-refractivity contribution in [2.24, 2.45) is 10.7 Å². The van der Waals surface area contributed by atoms with Crippen LogP contribution in [-0.4, -0.2) is 55.2 Å². The third-order valence-electron chi connectivity index (χ3n) is 4.48. The number of benzene rings is 1. The Morgan fingerprint density at radius 3 is 2.57 bits per heavy atom. The molecule has 128 valence electrons. The Hall–Kier alpha value is -0.860. The van der Waals surface area contributed by atoms with E-state index in [1.807, 2.05) is 7.05 Å². The highest BCUT2D eigenvalue weighted by Crippen LogP contribution is 2.25. The molecule has 1 heterocycles. The molecule has 1 aliphatic heterocycles. The van der Waals surface area contributed by atoms with Crippen molar-refractivity contribution in [2.75, 3.05) is 33.4 Å². The Bertz CT molecular complexity index is 527. The Morgan fingerprint density at radius 1 is 1.26 bits per heavy atom. The number of halogens is 1. The monoisotopic (exact) mass is 430 g/mol. The van der Waals surface area contributed by atoms with Crippen molar-refractivity contribution in [3.63, 3.8) is 0 Å². The van der Waals surface area contributed by atoms with Gasteiger partial charge in [0.2, 0.25) is 0 Å². The molecular weight excluding hydrogens is 403 g/mol. The first-order chi connectivity index (χ1) is 10.7. The minimum absolute atomic E-state index is 0. The van der Waals surface area contributed by atoms with Crippen LogP contribution >= 0.6 is 24.0 Å². The summed E-state index contributed by atoms with van der Waals surface area (Å²) in [6.07, 6.45) is 2.47. The summed E-state index contributed by atoms with van der Waals surface area (Å²) in [6, 6.07) is 9.13. The van der Waals surface area contributed by atoms with Crippen molar-refractivity contribution >= 4 is 29.9 Å². The lowest BCUT2D eigenvalue weighted by Gasteiger charge is -2.27. The Balaban J connectivity index is 0.00000192. The molecule has 1 saturated carbocycles. The van der Waals surface area contributed by atoms with Crippen LogP contribution in [0.4, 0.5) is 0 Å². The highest BCUT2D eigenvalue weighted by molar-refractivity contribution is 14.0. The summed E-state index contributed by atoms with van der Waals surface area (Å²) in [5.41, 5.74) is 8.70. The second kappa shape index (κ2) is 8.84. The molecule has 0 bridgehead atoms. The predicted molar refractivity (Wildman–Crippen MR) is 104 cm³/mol. The van der Waals surface area contributed by atoms with Gasteiger partial charge in [-0.1, -0.05) is 24.3 Å². The molecule has 0 atom stereocenters. The van der Waals surface area contributed by atoms with Gasteiger partial charge in [0.15, 0.2) is 5.96 Å². The Labute approximate surface area is 155 Å². The maximum absolute atomic E-state index is 6.09. The van der Waals surface area contributed by atoms with Gasteiger partial charge >= 0.3 is 0 Å². The van der Waals surface area contributed by atoms with E-state index in [-0.39, 0.29) is 24.0 Å². The number of morpholine rings is 1. The summed E-state index contributed by atoms with van der Waals surface area (Å²) >= 11 is 0. The van der Waals surface area contributed by atoms with E-state index in [0.717, 1.165) is 32.8 Å². The number of nitrogens with zero attached hydrogens (tertiary/aromatic N) is 3. The van der Waals surface area contributed by atoms with Crippen LogP contribution in [0.25, 0.3) is 0 Å². The van der Waals surface area contributed by atoms with Gasteiger partial charge in [0.25, 0.3) is 0 Å². The van der Waals surface area contributed by atoms with E-state index in [1.165, 1.54) is 24.0 Å². The molecule has 0 unspecified atom stereocenters. The van der Waals surface area contributed by atoms with Crippen molar-refractivity contribution in [1.82, 2.24) is 9.80 Å². The molecule has 1 saturated heterocycles. The topological polar surface area (TPSA) is 54.1 Å². The van der Waals surface area contributed by atoms with Crippen LogP contribution in [0.2, 0.25) is 0 Å². The van der Waals surface area contributed by atoms with Crippen LogP contribution in [0.3, 0.4) is 0 Å². The number of rotatable bonds is 5. The zero-order valence-electron chi connectivity index (χ0n) is 13.8. The normalized spacial score (nSPS) is 19.3. The van der Waals surface area contributed by atoms with Crippen LogP contribution in [0.1, 0.15) is 24.0 Å². The minimum Gasteiger partial charge on any atom is -0.379 e. The molecule has 23 heavy (non-hydrogen) atoms. The Morgan fingerprint density at radius 2 is 1.91 bits per heavy atom. The lowest BCUT2D eigenvalue weighted by molar-refractivity contribution is 0.0341. The molecule has 0 aromatic heterocycles. The summed E-state index contributed by atoms with van der Waals surface area (Å²) in [4.78, 5) is 9.12. The number of hydrogen-bond donors (Lipinski definition) is 1. The average molecular weight is 430 g/mol. The third kappa shape index (κ3) is 5.32. The van der Waals surface area contributed by atoms with E-state index < -0.39 is 0 Å². The lowest BCUT2D eigenvalue weighted by atomic mass is 10.1. The van der Waals surface area contributed by atoms with Crippen molar-refractivity contribution < 1.29 is 4.74 Å². The first kappa shape index (κ1) is 18.5. The summed E-state index contributed by atoms with van der Waals surface area (Å²) in [7, 11) is 2.04. The molecule has 2 aliphatic rings. The van der Waals surface area contributed by atoms with Gasteiger partial charge in [-0.15, -0.1) is 24.0 Å². The largest absolute Gasteiger partial charge is 0.379 e. The zero-order chi connectivity index (χ0) is 15.4. The minimum atomic E-state index is 0. The maximum Gasteiger partial charge on any atom is 0.191 e. The fourth-order valence-electron chi connectivity index (χ4n) is 2.79. The number of ether oxygens (including phenoxy) is 1. The molecular formula is C17H27IN4O. The Kier molecular flexibility index (Phi) is 7.10. The van der Waals surface area contributed by atoms with Gasteiger partial charge in [0, 0.05) is 32.7 Å². The predicted octanol–water partition coefficient (Wildman–Crippen LogP) is 2.05. The van der Waals surface area contributed by atoms with E-state index in [0.29, 0.717) is 18.5 Å². The first-order valence-corrected chi connectivity index (χ1v) is 8.13. The highest BCUT2D eigenvalue weighted by Gasteiger charge is 2.27. The molecule has 2 fully saturated rings. The van der Waals surface area contributed by atoms with Crippen LogP contribution in [-0.2, 0) is 17.8 Å². The second-order valence-corrected chi connectivity index (χ2v) is 6.17. The molecule has 1 aliphatic carbocycles. The molecule has 0 radical (unpaired) electrons. The summed E-state index contributed by atoms with van der Waals surface area (Å²) in [5, 5.41) is 0. The highest BCUT2D eigenvalue weighted by atomic mass is 127. The molecule has 3 rings (SSSR count). The lowest BCUT2D eigenvalue weighted by Crippen LogP contribution is -2.36. The molecule has 0 amide bonds. The van der Waals surface area contributed by atoms with E-state index in [1.54, 1.807) is 0 Å². The van der Waals surface area contributed by atoms with Gasteiger partial charge in [-0.2, -0.15) is 0 Å². The van der Waals surface area contributed by atoms with E-state index >= 15 is 0 Å². The second-order valence-electron chi connectivity index (χ2n) is 6.17. The first-order valence-electron chi connectivity index (χ1n) is 8.13. The van der Waals surface area contributed by atoms with Gasteiger partial charge in [-0.05, 0) is 24.0 Å². The van der Waals surface area contributed by atoms with Crippen molar-refractivity contribution in [3.8, 4) is 0 Å². The van der Waals surface area contributed by atoms with E-state index in [2.05, 4.69) is 39.1 Å². The van der Waals surface area contributed by atoms with Crippen molar-refractivity contribution in [2.45, 2.75) is 32.0 Å². The fraction of sp³-hybridized carbons (Fsp3) is 0.588. The third-order valence-corrected chi connectivity index (χ3v) is 4.48. The van der Waals surface area contributed by atoms with E-state index in [9.17, 15) is 0 Å². The molecule has 6 heteroatoms. The molecule has 5 nitrogen and oxygen atoms in total. The number of aliphatic imine (C=N–C) groups is 1. The van der Waals surface area contributed by atoms with Gasteiger partial charge in [-0.25, -0.2) is 4.99 Å². The van der Waals surface area contributed by atoms with Crippen LogP contribution in [0.15, 0.2) is 29.3 Å². The zero-order valence-corrected chi connectivity index (χ0v) is 16.1. The molecule has 0 spiro atoms.